The van der Waals surface area contributed by atoms with Gasteiger partial charge in [-0.25, -0.2) is 0 Å². The van der Waals surface area contributed by atoms with Crippen LogP contribution in [0.25, 0.3) is 0 Å². The number of aliphatic hydroxyl groups excluding tert-OH is 1. The van der Waals surface area contributed by atoms with Crippen LogP contribution in [0.5, 0.6) is 0 Å². The zero-order valence-electron chi connectivity index (χ0n) is 12.5. The molecule has 2 N–H and O–H groups in total. The Morgan fingerprint density at radius 3 is 2.75 bits per heavy atom. The smallest absolute Gasteiger partial charge is 0.0637 e. The Balaban J connectivity index is 3.06. The molecule has 1 unspecified atom stereocenters. The zero-order valence-corrected chi connectivity index (χ0v) is 14.1. The second-order valence-corrected chi connectivity index (χ2v) is 5.60. The Bertz CT molecular complexity index is 401. The number of halogens is 1. The van der Waals surface area contributed by atoms with Gasteiger partial charge >= 0.3 is 0 Å². The summed E-state index contributed by atoms with van der Waals surface area (Å²) in [4.78, 5) is 2.16. The van der Waals surface area contributed by atoms with Crippen molar-refractivity contribution in [3.05, 3.63) is 28.2 Å². The molecule has 20 heavy (non-hydrogen) atoms. The van der Waals surface area contributed by atoms with Crippen LogP contribution in [0.2, 0.25) is 0 Å². The molecule has 0 heterocycles. The van der Waals surface area contributed by atoms with Crippen molar-refractivity contribution in [2.24, 2.45) is 0 Å². The van der Waals surface area contributed by atoms with Gasteiger partial charge in [-0.1, -0.05) is 28.9 Å². The predicted octanol–water partition coefficient (Wildman–Crippen LogP) is 2.56. The first kappa shape index (κ1) is 17.4. The lowest BCUT2D eigenvalue weighted by atomic mass is 10.0. The number of anilines is 1. The Morgan fingerprint density at radius 1 is 1.40 bits per heavy atom. The molecule has 1 aromatic carbocycles. The number of aliphatic hydroxyl groups is 1. The Morgan fingerprint density at radius 2 is 2.15 bits per heavy atom. The van der Waals surface area contributed by atoms with Gasteiger partial charge in [-0.2, -0.15) is 0 Å². The molecule has 1 aromatic rings. The van der Waals surface area contributed by atoms with Crippen LogP contribution in [0.3, 0.4) is 0 Å². The normalized spacial score (nSPS) is 12.4. The van der Waals surface area contributed by atoms with E-state index in [9.17, 15) is 5.11 Å². The van der Waals surface area contributed by atoms with Crippen molar-refractivity contribution >= 4 is 21.6 Å². The van der Waals surface area contributed by atoms with E-state index in [4.69, 9.17) is 4.74 Å². The van der Waals surface area contributed by atoms with E-state index >= 15 is 0 Å². The van der Waals surface area contributed by atoms with Crippen molar-refractivity contribution < 1.29 is 9.84 Å². The largest absolute Gasteiger partial charge is 0.395 e. The van der Waals surface area contributed by atoms with Gasteiger partial charge in [0.15, 0.2) is 0 Å². The van der Waals surface area contributed by atoms with Crippen molar-refractivity contribution in [1.29, 1.82) is 0 Å². The fraction of sp³-hybridized carbons (Fsp3) is 0.600. The van der Waals surface area contributed by atoms with Crippen molar-refractivity contribution in [3.63, 3.8) is 0 Å². The van der Waals surface area contributed by atoms with Crippen LogP contribution in [-0.2, 0) is 4.74 Å². The third-order valence-corrected chi connectivity index (χ3v) is 3.74. The van der Waals surface area contributed by atoms with Crippen molar-refractivity contribution in [1.82, 2.24) is 5.32 Å². The minimum absolute atomic E-state index is 0.130. The fourth-order valence-electron chi connectivity index (χ4n) is 2.25. The molecular formula is C15H25BrN2O2. The highest BCUT2D eigenvalue weighted by Crippen LogP contribution is 2.29. The molecule has 0 saturated heterocycles. The molecule has 0 saturated carbocycles. The summed E-state index contributed by atoms with van der Waals surface area (Å²) in [6, 6.07) is 6.56. The number of nitrogens with zero attached hydrogens (tertiary/aromatic N) is 1. The van der Waals surface area contributed by atoms with Crippen LogP contribution in [0.4, 0.5) is 5.69 Å². The first-order chi connectivity index (χ1) is 9.63. The fourth-order valence-corrected chi connectivity index (χ4v) is 2.60. The number of ether oxygens (including phenoxy) is 1. The summed E-state index contributed by atoms with van der Waals surface area (Å²) in [6.45, 7) is 7.32. The van der Waals surface area contributed by atoms with E-state index in [1.165, 1.54) is 5.56 Å². The monoisotopic (exact) mass is 344 g/mol. The van der Waals surface area contributed by atoms with E-state index in [0.29, 0.717) is 13.2 Å². The lowest BCUT2D eigenvalue weighted by Crippen LogP contribution is -2.32. The van der Waals surface area contributed by atoms with Crippen LogP contribution < -0.4 is 10.2 Å². The van der Waals surface area contributed by atoms with Crippen molar-refractivity contribution in [2.45, 2.75) is 19.9 Å². The molecule has 0 aromatic heterocycles. The molecule has 114 valence electrons. The van der Waals surface area contributed by atoms with Crippen LogP contribution in [0, 0.1) is 0 Å². The minimum atomic E-state index is 0.130. The quantitative estimate of drug-likeness (QED) is 0.722. The molecule has 5 heteroatoms. The van der Waals surface area contributed by atoms with E-state index in [-0.39, 0.29) is 12.6 Å². The standard InChI is InChI=1S/C15H25BrN2O2/c1-4-17-12(2)14-6-5-13(16)11-15(14)18(7-9-19)8-10-20-3/h5-6,11-12,17,19H,4,7-10H2,1-3H3. The molecule has 0 aliphatic rings. The highest BCUT2D eigenvalue weighted by atomic mass is 79.9. The molecule has 0 radical (unpaired) electrons. The van der Waals surface area contributed by atoms with E-state index in [1.807, 2.05) is 0 Å². The van der Waals surface area contributed by atoms with Crippen LogP contribution >= 0.6 is 15.9 Å². The summed E-state index contributed by atoms with van der Waals surface area (Å²) in [7, 11) is 1.69. The second kappa shape index (κ2) is 9.34. The number of hydrogen-bond donors (Lipinski definition) is 2. The number of rotatable bonds is 9. The summed E-state index contributed by atoms with van der Waals surface area (Å²) in [6.07, 6.45) is 0. The zero-order chi connectivity index (χ0) is 15.0. The third kappa shape index (κ3) is 5.05. The van der Waals surface area contributed by atoms with Crippen LogP contribution in [0.1, 0.15) is 25.5 Å². The molecule has 1 rings (SSSR count). The first-order valence-electron chi connectivity index (χ1n) is 7.01. The SMILES string of the molecule is CCNC(C)c1ccc(Br)cc1N(CCO)CCOC. The highest BCUT2D eigenvalue weighted by molar-refractivity contribution is 9.10. The highest BCUT2D eigenvalue weighted by Gasteiger charge is 2.15. The van der Waals surface area contributed by atoms with Gasteiger partial charge in [-0.15, -0.1) is 0 Å². The number of hydrogen-bond acceptors (Lipinski definition) is 4. The average Bonchev–Trinajstić information content (AvgIpc) is 2.43. The summed E-state index contributed by atoms with van der Waals surface area (Å²) in [5.74, 6) is 0. The third-order valence-electron chi connectivity index (χ3n) is 3.25. The molecule has 4 nitrogen and oxygen atoms in total. The number of benzene rings is 1. The first-order valence-corrected chi connectivity index (χ1v) is 7.80. The molecule has 0 spiro atoms. The topological polar surface area (TPSA) is 44.7 Å². The van der Waals surface area contributed by atoms with Gasteiger partial charge in [0.25, 0.3) is 0 Å². The van der Waals surface area contributed by atoms with E-state index in [0.717, 1.165) is 23.2 Å². The van der Waals surface area contributed by atoms with Crippen molar-refractivity contribution in [2.75, 3.05) is 44.9 Å². The summed E-state index contributed by atoms with van der Waals surface area (Å²) < 4.78 is 6.21. The number of methoxy groups -OCH3 is 1. The molecule has 1 atom stereocenters. The molecule has 0 fully saturated rings. The maximum absolute atomic E-state index is 9.29. The van der Waals surface area contributed by atoms with Gasteiger partial charge < -0.3 is 20.1 Å². The average molecular weight is 345 g/mol. The minimum Gasteiger partial charge on any atom is -0.395 e. The van der Waals surface area contributed by atoms with Crippen LogP contribution in [-0.4, -0.2) is 45.1 Å². The maximum atomic E-state index is 9.29. The van der Waals surface area contributed by atoms with Gasteiger partial charge in [-0.3, -0.25) is 0 Å². The summed E-state index contributed by atoms with van der Waals surface area (Å²) >= 11 is 3.53. The van der Waals surface area contributed by atoms with E-state index < -0.39 is 0 Å². The Hall–Kier alpha value is -0.620. The van der Waals surface area contributed by atoms with Gasteiger partial charge in [0.2, 0.25) is 0 Å². The van der Waals surface area contributed by atoms with Crippen LogP contribution in [0.15, 0.2) is 22.7 Å². The van der Waals surface area contributed by atoms with Gasteiger partial charge in [0.1, 0.15) is 0 Å². The van der Waals surface area contributed by atoms with Gasteiger partial charge in [0, 0.05) is 36.4 Å². The molecule has 0 amide bonds. The molecule has 0 aliphatic carbocycles. The lowest BCUT2D eigenvalue weighted by Gasteiger charge is -2.28. The van der Waals surface area contributed by atoms with E-state index in [1.54, 1.807) is 7.11 Å². The summed E-state index contributed by atoms with van der Waals surface area (Å²) in [5.41, 5.74) is 2.37. The van der Waals surface area contributed by atoms with Gasteiger partial charge in [-0.05, 0) is 31.2 Å². The molecular weight excluding hydrogens is 320 g/mol. The Labute approximate surface area is 130 Å². The molecule has 0 bridgehead atoms. The predicted molar refractivity (Wildman–Crippen MR) is 87.4 cm³/mol. The second-order valence-electron chi connectivity index (χ2n) is 4.69. The van der Waals surface area contributed by atoms with Crippen molar-refractivity contribution in [3.8, 4) is 0 Å². The molecule has 0 aliphatic heterocycles. The number of nitrogens with one attached hydrogen (secondary N) is 1. The lowest BCUT2D eigenvalue weighted by molar-refractivity contribution is 0.203. The van der Waals surface area contributed by atoms with E-state index in [2.05, 4.69) is 58.2 Å². The maximum Gasteiger partial charge on any atom is 0.0637 e. The summed E-state index contributed by atoms with van der Waals surface area (Å²) in [5, 5.41) is 12.7. The van der Waals surface area contributed by atoms with Gasteiger partial charge in [0.05, 0.1) is 13.2 Å². The Kier molecular flexibility index (Phi) is 8.14.